The van der Waals surface area contributed by atoms with Gasteiger partial charge in [0.2, 0.25) is 0 Å². The first-order chi connectivity index (χ1) is 5.31. The van der Waals surface area contributed by atoms with Gasteiger partial charge in [0.05, 0.1) is 6.04 Å². The van der Waals surface area contributed by atoms with E-state index in [1.165, 1.54) is 11.1 Å². The van der Waals surface area contributed by atoms with Gasteiger partial charge in [-0.2, -0.15) is 0 Å². The van der Waals surface area contributed by atoms with Crippen LogP contribution in [-0.4, -0.2) is 23.1 Å². The molecular weight excluding hydrogens is 142 g/mol. The number of hydrogen-bond donors (Lipinski definition) is 0. The highest BCUT2D eigenvalue weighted by atomic mass is 16.7. The monoisotopic (exact) mass is 151 g/mol. The third kappa shape index (κ3) is 0.886. The lowest BCUT2D eigenvalue weighted by Gasteiger charge is -2.20. The first-order valence-electron chi connectivity index (χ1n) is 3.62. The molecule has 0 spiro atoms. The van der Waals surface area contributed by atoms with E-state index in [0.717, 1.165) is 6.42 Å². The summed E-state index contributed by atoms with van der Waals surface area (Å²) in [5, 5.41) is 1.39. The molecule has 2 unspecified atom stereocenters. The lowest BCUT2D eigenvalue weighted by molar-refractivity contribution is -0.177. The number of rotatable bonds is 1. The SMILES string of the molecule is C=CC(=O)N1OC2C=CC1C2. The summed E-state index contributed by atoms with van der Waals surface area (Å²) in [6, 6.07) is 0.144. The van der Waals surface area contributed by atoms with E-state index < -0.39 is 0 Å². The van der Waals surface area contributed by atoms with Crippen molar-refractivity contribution in [3.63, 3.8) is 0 Å². The van der Waals surface area contributed by atoms with E-state index in [2.05, 4.69) is 6.58 Å². The first-order valence-corrected chi connectivity index (χ1v) is 3.62. The summed E-state index contributed by atoms with van der Waals surface area (Å²) < 4.78 is 0. The number of hydroxylamine groups is 2. The molecule has 1 aliphatic carbocycles. The molecule has 11 heavy (non-hydrogen) atoms. The predicted molar refractivity (Wildman–Crippen MR) is 39.5 cm³/mol. The van der Waals surface area contributed by atoms with Crippen molar-refractivity contribution >= 4 is 5.91 Å². The van der Waals surface area contributed by atoms with E-state index in [9.17, 15) is 4.79 Å². The number of carbonyl (C=O) groups excluding carboxylic acids is 1. The quantitative estimate of drug-likeness (QED) is 0.406. The zero-order valence-electron chi connectivity index (χ0n) is 6.06. The van der Waals surface area contributed by atoms with Crippen LogP contribution in [0.15, 0.2) is 24.8 Å². The molecule has 1 heterocycles. The van der Waals surface area contributed by atoms with Crippen LogP contribution in [0.4, 0.5) is 0 Å². The molecule has 1 amide bonds. The molecule has 0 aromatic carbocycles. The van der Waals surface area contributed by atoms with Crippen molar-refractivity contribution < 1.29 is 9.63 Å². The fourth-order valence-electron chi connectivity index (χ4n) is 1.43. The second-order valence-electron chi connectivity index (χ2n) is 2.70. The van der Waals surface area contributed by atoms with E-state index in [0.29, 0.717) is 0 Å². The molecule has 58 valence electrons. The van der Waals surface area contributed by atoms with Crippen molar-refractivity contribution in [3.05, 3.63) is 24.8 Å². The maximum Gasteiger partial charge on any atom is 0.270 e. The Morgan fingerprint density at radius 1 is 1.73 bits per heavy atom. The molecule has 0 aromatic rings. The third-order valence-electron chi connectivity index (χ3n) is 1.96. The average Bonchev–Trinajstić information content (AvgIpc) is 2.62. The van der Waals surface area contributed by atoms with Crippen molar-refractivity contribution in [2.75, 3.05) is 0 Å². The van der Waals surface area contributed by atoms with Crippen LogP contribution in [-0.2, 0) is 9.63 Å². The zero-order chi connectivity index (χ0) is 7.84. The van der Waals surface area contributed by atoms with Gasteiger partial charge in [-0.05, 0) is 6.08 Å². The minimum Gasteiger partial charge on any atom is -0.267 e. The molecule has 2 rings (SSSR count). The lowest BCUT2D eigenvalue weighted by atomic mass is 10.2. The van der Waals surface area contributed by atoms with Crippen LogP contribution in [0.2, 0.25) is 0 Å². The third-order valence-corrected chi connectivity index (χ3v) is 1.96. The number of fused-ring (bicyclic) bond motifs is 2. The predicted octanol–water partition coefficient (Wildman–Crippen LogP) is 0.643. The van der Waals surface area contributed by atoms with Gasteiger partial charge in [-0.15, -0.1) is 0 Å². The van der Waals surface area contributed by atoms with E-state index in [-0.39, 0.29) is 18.1 Å². The maximum absolute atomic E-state index is 11.1. The Labute approximate surface area is 64.9 Å². The van der Waals surface area contributed by atoms with Crippen molar-refractivity contribution in [3.8, 4) is 0 Å². The van der Waals surface area contributed by atoms with Crippen molar-refractivity contribution in [2.45, 2.75) is 18.6 Å². The smallest absolute Gasteiger partial charge is 0.267 e. The molecule has 3 heteroatoms. The highest BCUT2D eigenvalue weighted by Gasteiger charge is 2.37. The Morgan fingerprint density at radius 2 is 2.55 bits per heavy atom. The van der Waals surface area contributed by atoms with Gasteiger partial charge in [-0.1, -0.05) is 18.7 Å². The second-order valence-corrected chi connectivity index (χ2v) is 2.70. The van der Waals surface area contributed by atoms with Crippen LogP contribution in [0, 0.1) is 0 Å². The summed E-state index contributed by atoms with van der Waals surface area (Å²) in [6.07, 6.45) is 6.27. The highest BCUT2D eigenvalue weighted by Crippen LogP contribution is 2.28. The summed E-state index contributed by atoms with van der Waals surface area (Å²) in [4.78, 5) is 16.3. The maximum atomic E-state index is 11.1. The van der Waals surface area contributed by atoms with Crippen LogP contribution in [0.1, 0.15) is 6.42 Å². The number of carbonyl (C=O) groups is 1. The molecular formula is C8H9NO2. The van der Waals surface area contributed by atoms with Crippen molar-refractivity contribution in [1.82, 2.24) is 5.06 Å². The molecule has 0 saturated carbocycles. The topological polar surface area (TPSA) is 29.5 Å². The van der Waals surface area contributed by atoms with Gasteiger partial charge in [0, 0.05) is 6.42 Å². The van der Waals surface area contributed by atoms with Gasteiger partial charge in [0.1, 0.15) is 6.10 Å². The normalized spacial score (nSPS) is 32.9. The number of nitrogens with zero attached hydrogens (tertiary/aromatic N) is 1. The van der Waals surface area contributed by atoms with Gasteiger partial charge in [0.15, 0.2) is 0 Å². The van der Waals surface area contributed by atoms with E-state index in [1.54, 1.807) is 0 Å². The van der Waals surface area contributed by atoms with Gasteiger partial charge in [-0.3, -0.25) is 9.63 Å². The molecule has 0 radical (unpaired) electrons. The Balaban J connectivity index is 2.14. The summed E-state index contributed by atoms with van der Waals surface area (Å²) >= 11 is 0. The molecule has 2 aliphatic rings. The van der Waals surface area contributed by atoms with Crippen LogP contribution in [0.5, 0.6) is 0 Å². The second kappa shape index (κ2) is 2.20. The van der Waals surface area contributed by atoms with E-state index in [1.807, 2.05) is 12.2 Å². The minimum atomic E-state index is -0.151. The zero-order valence-corrected chi connectivity index (χ0v) is 6.06. The highest BCUT2D eigenvalue weighted by molar-refractivity contribution is 5.86. The average molecular weight is 151 g/mol. The molecule has 0 N–H and O–H groups in total. The molecule has 0 aromatic heterocycles. The van der Waals surface area contributed by atoms with Crippen LogP contribution in [0.25, 0.3) is 0 Å². The lowest BCUT2D eigenvalue weighted by Crippen LogP contribution is -2.33. The molecule has 3 nitrogen and oxygen atoms in total. The van der Waals surface area contributed by atoms with Crippen molar-refractivity contribution in [2.24, 2.45) is 0 Å². The van der Waals surface area contributed by atoms with Gasteiger partial charge in [-0.25, -0.2) is 5.06 Å². The molecule has 2 bridgehead atoms. The van der Waals surface area contributed by atoms with Crippen LogP contribution >= 0.6 is 0 Å². The fourth-order valence-corrected chi connectivity index (χ4v) is 1.43. The molecule has 1 aliphatic heterocycles. The Bertz CT molecular complexity index is 234. The van der Waals surface area contributed by atoms with Gasteiger partial charge < -0.3 is 0 Å². The summed E-state index contributed by atoms with van der Waals surface area (Å²) in [5.74, 6) is -0.151. The molecule has 1 fully saturated rings. The summed E-state index contributed by atoms with van der Waals surface area (Å²) in [7, 11) is 0. The minimum absolute atomic E-state index is 0.115. The molecule has 1 saturated heterocycles. The van der Waals surface area contributed by atoms with Crippen LogP contribution < -0.4 is 0 Å². The van der Waals surface area contributed by atoms with Crippen molar-refractivity contribution in [1.29, 1.82) is 0 Å². The van der Waals surface area contributed by atoms with Gasteiger partial charge in [0.25, 0.3) is 5.91 Å². The van der Waals surface area contributed by atoms with Crippen LogP contribution in [0.3, 0.4) is 0 Å². The van der Waals surface area contributed by atoms with E-state index in [4.69, 9.17) is 4.84 Å². The fraction of sp³-hybridized carbons (Fsp3) is 0.375. The van der Waals surface area contributed by atoms with E-state index >= 15 is 0 Å². The first kappa shape index (κ1) is 6.61. The standard InChI is InChI=1S/C8H9NO2/c1-2-8(10)9-6-3-4-7(5-6)11-9/h2-4,6-7H,1,5H2. The Hall–Kier alpha value is -1.09. The van der Waals surface area contributed by atoms with Gasteiger partial charge >= 0.3 is 0 Å². The summed E-state index contributed by atoms with van der Waals surface area (Å²) in [6.45, 7) is 3.39. The summed E-state index contributed by atoms with van der Waals surface area (Å²) in [5.41, 5.74) is 0. The number of hydrogen-bond acceptors (Lipinski definition) is 2. The number of amides is 1. The Morgan fingerprint density at radius 3 is 3.00 bits per heavy atom. The largest absolute Gasteiger partial charge is 0.270 e. The Kier molecular flexibility index (Phi) is 1.32. The molecule has 2 atom stereocenters.